The summed E-state index contributed by atoms with van der Waals surface area (Å²) in [6.07, 6.45) is 0. The van der Waals surface area contributed by atoms with Gasteiger partial charge in [-0.05, 0) is 24.3 Å². The third kappa shape index (κ3) is 8.25. The third-order valence-electron chi connectivity index (χ3n) is 1.35. The first-order valence-electron chi connectivity index (χ1n) is 4.25. The number of carboxylic acids is 1. The smallest absolute Gasteiger partial charge is 0.356 e. The molecule has 4 N–H and O–H groups in total. The van der Waals surface area contributed by atoms with Crippen LogP contribution in [0.2, 0.25) is 5.02 Å². The summed E-state index contributed by atoms with van der Waals surface area (Å²) in [4.78, 5) is 20.0. The zero-order chi connectivity index (χ0) is 14.3. The molecule has 9 heteroatoms. The lowest BCUT2D eigenvalue weighted by atomic mass is 10.3. The van der Waals surface area contributed by atoms with Gasteiger partial charge in [0.1, 0.15) is 0 Å². The number of hydrogen-bond acceptors (Lipinski definition) is 2. The van der Waals surface area contributed by atoms with Crippen molar-refractivity contribution in [2.45, 2.75) is 3.79 Å². The molecule has 0 aliphatic carbocycles. The molecule has 0 saturated carbocycles. The van der Waals surface area contributed by atoms with Crippen LogP contribution in [-0.4, -0.2) is 20.9 Å². The van der Waals surface area contributed by atoms with Crippen LogP contribution < -0.4 is 11.1 Å². The average Bonchev–Trinajstić information content (AvgIpc) is 2.20. The summed E-state index contributed by atoms with van der Waals surface area (Å²) < 4.78 is -2.17. The van der Waals surface area contributed by atoms with Crippen LogP contribution in [0.5, 0.6) is 0 Å². The Hall–Kier alpha value is -0.880. The fourth-order valence-corrected chi connectivity index (χ4v) is 0.801. The van der Waals surface area contributed by atoms with Crippen molar-refractivity contribution in [3.8, 4) is 0 Å². The highest BCUT2D eigenvalue weighted by Gasteiger charge is 2.29. The van der Waals surface area contributed by atoms with Crippen LogP contribution in [-0.2, 0) is 4.79 Å². The van der Waals surface area contributed by atoms with E-state index in [0.717, 1.165) is 0 Å². The second-order valence-corrected chi connectivity index (χ2v) is 5.52. The molecule has 100 valence electrons. The number of carbonyl (C=O) groups is 2. The van der Waals surface area contributed by atoms with Gasteiger partial charge < -0.3 is 16.2 Å². The number of amides is 2. The van der Waals surface area contributed by atoms with Crippen molar-refractivity contribution in [2.75, 3.05) is 5.32 Å². The lowest BCUT2D eigenvalue weighted by Gasteiger charge is -1.99. The predicted molar refractivity (Wildman–Crippen MR) is 72.6 cm³/mol. The first-order chi connectivity index (χ1) is 8.12. The number of nitrogens with two attached hydrogens (primary N) is 1. The van der Waals surface area contributed by atoms with Crippen LogP contribution in [0.4, 0.5) is 10.5 Å². The summed E-state index contributed by atoms with van der Waals surface area (Å²) in [5.41, 5.74) is 5.52. The highest BCUT2D eigenvalue weighted by atomic mass is 35.6. The number of halogens is 4. The van der Waals surface area contributed by atoms with Crippen molar-refractivity contribution < 1.29 is 14.7 Å². The van der Waals surface area contributed by atoms with E-state index in [0.29, 0.717) is 10.7 Å². The second kappa shape index (κ2) is 7.53. The zero-order valence-electron chi connectivity index (χ0n) is 8.66. The van der Waals surface area contributed by atoms with Gasteiger partial charge in [0.2, 0.25) is 0 Å². The molecule has 0 saturated heterocycles. The lowest BCUT2D eigenvalue weighted by Crippen LogP contribution is -2.18. The first-order valence-corrected chi connectivity index (χ1v) is 5.76. The molecule has 0 radical (unpaired) electrons. The van der Waals surface area contributed by atoms with E-state index in [9.17, 15) is 9.59 Å². The van der Waals surface area contributed by atoms with Gasteiger partial charge in [0.05, 0.1) is 0 Å². The van der Waals surface area contributed by atoms with Gasteiger partial charge in [0, 0.05) is 10.7 Å². The number of benzene rings is 1. The fourth-order valence-electron chi connectivity index (χ4n) is 0.675. The molecule has 1 rings (SSSR count). The van der Waals surface area contributed by atoms with E-state index in [4.69, 9.17) is 57.2 Å². The van der Waals surface area contributed by atoms with E-state index in [1.807, 2.05) is 0 Å². The number of carbonyl (C=O) groups excluding carboxylic acids is 1. The topological polar surface area (TPSA) is 92.4 Å². The average molecular weight is 334 g/mol. The SMILES string of the molecule is NC(=O)Nc1ccc(Cl)cc1.O=C(O)C(Cl)(Cl)Cl. The number of hydrogen-bond donors (Lipinski definition) is 3. The maximum atomic E-state index is 10.3. The van der Waals surface area contributed by atoms with Crippen LogP contribution in [0.1, 0.15) is 0 Å². The highest BCUT2D eigenvalue weighted by Crippen LogP contribution is 2.25. The molecule has 0 atom stereocenters. The van der Waals surface area contributed by atoms with E-state index in [-0.39, 0.29) is 0 Å². The molecule has 18 heavy (non-hydrogen) atoms. The molecule has 1 aromatic rings. The molecular weight excluding hydrogens is 326 g/mol. The monoisotopic (exact) mass is 332 g/mol. The van der Waals surface area contributed by atoms with Gasteiger partial charge >= 0.3 is 12.0 Å². The van der Waals surface area contributed by atoms with Gasteiger partial charge in [-0.15, -0.1) is 0 Å². The highest BCUT2D eigenvalue weighted by molar-refractivity contribution is 6.75. The minimum atomic E-state index is -2.17. The molecule has 5 nitrogen and oxygen atoms in total. The van der Waals surface area contributed by atoms with Crippen molar-refractivity contribution in [1.82, 2.24) is 0 Å². The number of urea groups is 1. The van der Waals surface area contributed by atoms with Gasteiger partial charge in [-0.25, -0.2) is 9.59 Å². The molecule has 0 fully saturated rings. The number of nitrogens with one attached hydrogen (secondary N) is 1. The zero-order valence-corrected chi connectivity index (χ0v) is 11.7. The van der Waals surface area contributed by atoms with E-state index < -0.39 is 15.8 Å². The summed E-state index contributed by atoms with van der Waals surface area (Å²) in [6.45, 7) is 0. The molecule has 0 aliphatic rings. The molecular formula is C9H8Cl4N2O3. The summed E-state index contributed by atoms with van der Waals surface area (Å²) >= 11 is 20.0. The number of aliphatic carboxylic acids is 1. The van der Waals surface area contributed by atoms with E-state index in [1.165, 1.54) is 0 Å². The normalized spacial score (nSPS) is 10.0. The van der Waals surface area contributed by atoms with Crippen molar-refractivity contribution in [1.29, 1.82) is 0 Å². The van der Waals surface area contributed by atoms with Gasteiger partial charge in [0.15, 0.2) is 0 Å². The van der Waals surface area contributed by atoms with Crippen LogP contribution in [0, 0.1) is 0 Å². The molecule has 0 aliphatic heterocycles. The van der Waals surface area contributed by atoms with Crippen molar-refractivity contribution in [3.63, 3.8) is 0 Å². The largest absolute Gasteiger partial charge is 0.478 e. The Kier molecular flexibility index (Phi) is 7.16. The summed E-state index contributed by atoms with van der Waals surface area (Å²) in [6, 6.07) is 6.12. The van der Waals surface area contributed by atoms with E-state index >= 15 is 0 Å². The molecule has 0 unspecified atom stereocenters. The number of anilines is 1. The quantitative estimate of drug-likeness (QED) is 0.688. The Bertz CT molecular complexity index is 417. The third-order valence-corrected chi connectivity index (χ3v) is 2.09. The van der Waals surface area contributed by atoms with E-state index in [1.54, 1.807) is 24.3 Å². The molecule has 0 bridgehead atoms. The first kappa shape index (κ1) is 17.1. The Balaban J connectivity index is 0.000000360. The number of primary amides is 1. The number of rotatable bonds is 1. The molecule has 0 heterocycles. The van der Waals surface area contributed by atoms with Crippen LogP contribution in [0.25, 0.3) is 0 Å². The van der Waals surface area contributed by atoms with Crippen molar-refractivity contribution >= 4 is 64.1 Å². The maximum absolute atomic E-state index is 10.3. The number of carboxylic acid groups (broad SMARTS) is 1. The van der Waals surface area contributed by atoms with Gasteiger partial charge in [-0.1, -0.05) is 46.4 Å². The Labute approximate surface area is 123 Å². The lowest BCUT2D eigenvalue weighted by molar-refractivity contribution is -0.135. The summed E-state index contributed by atoms with van der Waals surface area (Å²) in [5.74, 6) is -1.46. The Morgan fingerprint density at radius 2 is 1.56 bits per heavy atom. The Morgan fingerprint density at radius 1 is 1.17 bits per heavy atom. The standard InChI is InChI=1S/C7H7ClN2O.C2HCl3O2/c8-5-1-3-6(4-2-5)10-7(9)11;3-2(4,5)1(6)7/h1-4H,(H3,9,10,11);(H,6,7). The molecule has 1 aromatic carbocycles. The van der Waals surface area contributed by atoms with E-state index in [2.05, 4.69) is 5.32 Å². The molecule has 0 spiro atoms. The van der Waals surface area contributed by atoms with Gasteiger partial charge in [-0.2, -0.15) is 0 Å². The summed E-state index contributed by atoms with van der Waals surface area (Å²) in [5, 5.41) is 10.9. The van der Waals surface area contributed by atoms with Crippen LogP contribution in [0.15, 0.2) is 24.3 Å². The van der Waals surface area contributed by atoms with Gasteiger partial charge in [-0.3, -0.25) is 0 Å². The van der Waals surface area contributed by atoms with Crippen LogP contribution >= 0.6 is 46.4 Å². The van der Waals surface area contributed by atoms with Crippen molar-refractivity contribution in [3.05, 3.63) is 29.3 Å². The minimum Gasteiger partial charge on any atom is -0.478 e. The number of alkyl halides is 3. The fraction of sp³-hybridized carbons (Fsp3) is 0.111. The minimum absolute atomic E-state index is 0.577. The van der Waals surface area contributed by atoms with Gasteiger partial charge in [0.25, 0.3) is 3.79 Å². The second-order valence-electron chi connectivity index (χ2n) is 2.80. The Morgan fingerprint density at radius 3 is 1.83 bits per heavy atom. The molecule has 0 aromatic heterocycles. The predicted octanol–water partition coefficient (Wildman–Crippen LogP) is 3.27. The summed E-state index contributed by atoms with van der Waals surface area (Å²) in [7, 11) is 0. The van der Waals surface area contributed by atoms with Crippen LogP contribution in [0.3, 0.4) is 0 Å². The maximum Gasteiger partial charge on any atom is 0.356 e. The molecule has 2 amide bonds. The van der Waals surface area contributed by atoms with Crippen molar-refractivity contribution in [2.24, 2.45) is 5.73 Å².